The summed E-state index contributed by atoms with van der Waals surface area (Å²) in [5, 5.41) is 11.6. The molecule has 0 unspecified atom stereocenters. The molecule has 0 saturated heterocycles. The molecular weight excluding hydrogens is 180 g/mol. The molecule has 0 aliphatic heterocycles. The van der Waals surface area contributed by atoms with Gasteiger partial charge in [-0.3, -0.25) is 0 Å². The first-order valence-corrected chi connectivity index (χ1v) is 4.84. The highest BCUT2D eigenvalue weighted by Gasteiger charge is 2.10. The van der Waals surface area contributed by atoms with Gasteiger partial charge in [0, 0.05) is 19.6 Å². The minimum Gasteiger partial charge on any atom is -0.408 e. The van der Waals surface area contributed by atoms with E-state index in [4.69, 9.17) is 10.9 Å². The highest BCUT2D eigenvalue weighted by atomic mass is 16.4. The average Bonchev–Trinajstić information content (AvgIpc) is 2.10. The van der Waals surface area contributed by atoms with Gasteiger partial charge in [-0.25, -0.2) is 0 Å². The normalized spacial score (nSPS) is 12.6. The first-order chi connectivity index (χ1) is 6.47. The molecule has 0 aromatic carbocycles. The van der Waals surface area contributed by atoms with Crippen molar-refractivity contribution in [1.29, 1.82) is 0 Å². The Morgan fingerprint density at radius 2 is 1.93 bits per heavy atom. The first-order valence-electron chi connectivity index (χ1n) is 4.84. The van der Waals surface area contributed by atoms with Crippen LogP contribution in [0.25, 0.3) is 0 Å². The monoisotopic (exact) mass is 202 g/mol. The summed E-state index contributed by atoms with van der Waals surface area (Å²) in [6.45, 7) is 6.69. The molecule has 0 fully saturated rings. The maximum absolute atomic E-state index is 8.59. The Labute approximate surface area is 86.2 Å². The van der Waals surface area contributed by atoms with Crippen LogP contribution in [-0.4, -0.2) is 54.7 Å². The van der Waals surface area contributed by atoms with Crippen LogP contribution in [0.1, 0.15) is 13.8 Å². The molecule has 0 aliphatic carbocycles. The Morgan fingerprint density at radius 3 is 2.29 bits per heavy atom. The molecule has 3 N–H and O–H groups in total. The topological polar surface area (TPSA) is 65.1 Å². The van der Waals surface area contributed by atoms with Crippen LogP contribution in [-0.2, 0) is 0 Å². The molecule has 0 radical (unpaired) electrons. The highest BCUT2D eigenvalue weighted by Crippen LogP contribution is 1.98. The number of hydrogen-bond donors (Lipinski definition) is 2. The lowest BCUT2D eigenvalue weighted by molar-refractivity contribution is 0.273. The number of oxime groups is 1. The van der Waals surface area contributed by atoms with Gasteiger partial charge in [0.15, 0.2) is 0 Å². The number of likely N-dealkylation sites (N-methyl/N-ethyl adjacent to an activating group) is 1. The van der Waals surface area contributed by atoms with Gasteiger partial charge < -0.3 is 20.7 Å². The third kappa shape index (κ3) is 5.64. The Morgan fingerprint density at radius 1 is 1.36 bits per heavy atom. The smallest absolute Gasteiger partial charge is 0.233 e. The summed E-state index contributed by atoms with van der Waals surface area (Å²) < 4.78 is 0. The second kappa shape index (κ2) is 6.48. The minimum atomic E-state index is 0.195. The van der Waals surface area contributed by atoms with E-state index < -0.39 is 0 Å². The zero-order chi connectivity index (χ0) is 11.1. The largest absolute Gasteiger partial charge is 0.408 e. The van der Waals surface area contributed by atoms with Crippen molar-refractivity contribution in [2.75, 3.05) is 33.7 Å². The number of guanidine groups is 1. The molecule has 5 heteroatoms. The molecule has 0 spiro atoms. The van der Waals surface area contributed by atoms with Crippen molar-refractivity contribution in [2.45, 2.75) is 13.8 Å². The van der Waals surface area contributed by atoms with Gasteiger partial charge in [0.1, 0.15) is 0 Å². The minimum absolute atomic E-state index is 0.195. The molecule has 0 amide bonds. The zero-order valence-electron chi connectivity index (χ0n) is 9.56. The number of hydrogen-bond acceptors (Lipinski definition) is 3. The summed E-state index contributed by atoms with van der Waals surface area (Å²) in [4.78, 5) is 3.95. The van der Waals surface area contributed by atoms with E-state index in [2.05, 4.69) is 23.9 Å². The molecule has 84 valence electrons. The molecule has 0 aromatic rings. The SMILES string of the molecule is CC(C)CN(CCN(C)C)C(N)=NO. The lowest BCUT2D eigenvalue weighted by Gasteiger charge is -2.25. The van der Waals surface area contributed by atoms with Crippen molar-refractivity contribution in [3.05, 3.63) is 0 Å². The molecule has 0 heterocycles. The second-order valence-corrected chi connectivity index (χ2v) is 4.10. The molecular formula is C9H22N4O. The predicted molar refractivity (Wildman–Crippen MR) is 58.4 cm³/mol. The van der Waals surface area contributed by atoms with Gasteiger partial charge in [0.05, 0.1) is 0 Å². The standard InChI is InChI=1S/C9H22N4O/c1-8(2)7-13(9(10)11-14)6-5-12(3)4/h8,14H,5-7H2,1-4H3,(H2,10,11). The van der Waals surface area contributed by atoms with Gasteiger partial charge in [-0.2, -0.15) is 0 Å². The number of rotatable bonds is 5. The summed E-state index contributed by atoms with van der Waals surface area (Å²) in [5.41, 5.74) is 5.56. The van der Waals surface area contributed by atoms with Crippen molar-refractivity contribution in [3.63, 3.8) is 0 Å². The van der Waals surface area contributed by atoms with Gasteiger partial charge in [-0.05, 0) is 20.0 Å². The van der Waals surface area contributed by atoms with Gasteiger partial charge in [-0.15, -0.1) is 0 Å². The summed E-state index contributed by atoms with van der Waals surface area (Å²) >= 11 is 0. The fourth-order valence-electron chi connectivity index (χ4n) is 1.12. The molecule has 0 aliphatic rings. The molecule has 0 rings (SSSR count). The van der Waals surface area contributed by atoms with Crippen molar-refractivity contribution < 1.29 is 5.21 Å². The summed E-state index contributed by atoms with van der Waals surface area (Å²) in [6.07, 6.45) is 0. The van der Waals surface area contributed by atoms with Crippen LogP contribution in [0.5, 0.6) is 0 Å². The van der Waals surface area contributed by atoms with E-state index in [0.717, 1.165) is 19.6 Å². The van der Waals surface area contributed by atoms with Crippen LogP contribution in [0.2, 0.25) is 0 Å². The van der Waals surface area contributed by atoms with Crippen molar-refractivity contribution in [1.82, 2.24) is 9.80 Å². The second-order valence-electron chi connectivity index (χ2n) is 4.10. The Balaban J connectivity index is 4.11. The average molecular weight is 202 g/mol. The zero-order valence-corrected chi connectivity index (χ0v) is 9.56. The third-order valence-corrected chi connectivity index (χ3v) is 1.83. The summed E-state index contributed by atoms with van der Waals surface area (Å²) in [6, 6.07) is 0. The van der Waals surface area contributed by atoms with Crippen LogP contribution in [0, 0.1) is 5.92 Å². The van der Waals surface area contributed by atoms with Crippen molar-refractivity contribution in [3.8, 4) is 0 Å². The van der Waals surface area contributed by atoms with E-state index >= 15 is 0 Å². The maximum atomic E-state index is 8.59. The van der Waals surface area contributed by atoms with E-state index in [0.29, 0.717) is 5.92 Å². The highest BCUT2D eigenvalue weighted by molar-refractivity contribution is 5.77. The van der Waals surface area contributed by atoms with Crippen molar-refractivity contribution in [2.24, 2.45) is 16.8 Å². The van der Waals surface area contributed by atoms with Crippen LogP contribution in [0.15, 0.2) is 5.16 Å². The maximum Gasteiger partial charge on any atom is 0.233 e. The number of nitrogens with two attached hydrogens (primary N) is 1. The van der Waals surface area contributed by atoms with Crippen LogP contribution < -0.4 is 5.73 Å². The lowest BCUT2D eigenvalue weighted by Crippen LogP contribution is -2.43. The summed E-state index contributed by atoms with van der Waals surface area (Å²) in [5.74, 6) is 0.693. The van der Waals surface area contributed by atoms with E-state index in [1.807, 2.05) is 19.0 Å². The lowest BCUT2D eigenvalue weighted by atomic mass is 10.2. The fraction of sp³-hybridized carbons (Fsp3) is 0.889. The van der Waals surface area contributed by atoms with Gasteiger partial charge in [0.2, 0.25) is 5.96 Å². The van der Waals surface area contributed by atoms with Gasteiger partial charge in [0.25, 0.3) is 0 Å². The molecule has 0 atom stereocenters. The molecule has 0 aromatic heterocycles. The van der Waals surface area contributed by atoms with E-state index in [9.17, 15) is 0 Å². The molecule has 5 nitrogen and oxygen atoms in total. The van der Waals surface area contributed by atoms with Crippen LogP contribution >= 0.6 is 0 Å². The number of nitrogens with zero attached hydrogens (tertiary/aromatic N) is 3. The van der Waals surface area contributed by atoms with Gasteiger partial charge >= 0.3 is 0 Å². The Kier molecular flexibility index (Phi) is 6.03. The van der Waals surface area contributed by atoms with E-state index in [1.54, 1.807) is 0 Å². The Bertz CT molecular complexity index is 180. The van der Waals surface area contributed by atoms with E-state index in [1.165, 1.54) is 0 Å². The molecule has 0 bridgehead atoms. The van der Waals surface area contributed by atoms with E-state index in [-0.39, 0.29) is 5.96 Å². The molecule has 0 saturated carbocycles. The quantitative estimate of drug-likeness (QED) is 0.289. The Hall–Kier alpha value is -0.970. The van der Waals surface area contributed by atoms with Crippen LogP contribution in [0.3, 0.4) is 0 Å². The predicted octanol–water partition coefficient (Wildman–Crippen LogP) is 0.210. The molecule has 14 heavy (non-hydrogen) atoms. The van der Waals surface area contributed by atoms with Gasteiger partial charge in [-0.1, -0.05) is 19.0 Å². The van der Waals surface area contributed by atoms with Crippen molar-refractivity contribution >= 4 is 5.96 Å². The van der Waals surface area contributed by atoms with Crippen LogP contribution in [0.4, 0.5) is 0 Å². The third-order valence-electron chi connectivity index (χ3n) is 1.83. The first kappa shape index (κ1) is 13.0. The summed E-state index contributed by atoms with van der Waals surface area (Å²) in [7, 11) is 4.00. The fourth-order valence-corrected chi connectivity index (χ4v) is 1.12.